The van der Waals surface area contributed by atoms with Gasteiger partial charge in [0.25, 0.3) is 5.56 Å². The van der Waals surface area contributed by atoms with Crippen molar-refractivity contribution in [2.45, 2.75) is 26.0 Å². The van der Waals surface area contributed by atoms with Crippen molar-refractivity contribution in [3.8, 4) is 0 Å². The van der Waals surface area contributed by atoms with E-state index in [1.165, 1.54) is 4.57 Å². The van der Waals surface area contributed by atoms with E-state index in [0.717, 1.165) is 6.42 Å². The maximum absolute atomic E-state index is 12.5. The van der Waals surface area contributed by atoms with Crippen molar-refractivity contribution in [1.29, 1.82) is 0 Å². The van der Waals surface area contributed by atoms with Gasteiger partial charge in [-0.25, -0.2) is 0 Å². The highest BCUT2D eigenvalue weighted by Crippen LogP contribution is 2.30. The molecular weight excluding hydrogens is 290 g/mol. The molecular formula is C13H23N5O4. The molecule has 0 unspecified atom stereocenters. The number of aliphatic hydroxyl groups is 2. The lowest BCUT2D eigenvalue weighted by Crippen LogP contribution is -2.34. The summed E-state index contributed by atoms with van der Waals surface area (Å²) in [5, 5.41) is 18.1. The Bertz CT molecular complexity index is 572. The van der Waals surface area contributed by atoms with Crippen LogP contribution in [0.5, 0.6) is 0 Å². The molecule has 9 heteroatoms. The Balaban J connectivity index is 2.27. The standard InChI is InChI=1S/C13H23N5O4/c1-3-4-18-12(21)10-11(15-13(18)14)17(7-16(10)2)8-22-9(5-19)6-20/h9,19-20H,3-8H2,1-2H3,(H2,14,15). The van der Waals surface area contributed by atoms with E-state index in [4.69, 9.17) is 20.7 Å². The second-order valence-corrected chi connectivity index (χ2v) is 5.26. The van der Waals surface area contributed by atoms with Crippen LogP contribution in [0.4, 0.5) is 17.5 Å². The van der Waals surface area contributed by atoms with Gasteiger partial charge >= 0.3 is 0 Å². The zero-order valence-corrected chi connectivity index (χ0v) is 12.9. The number of hydrogen-bond donors (Lipinski definition) is 3. The average Bonchev–Trinajstić information content (AvgIpc) is 2.80. The van der Waals surface area contributed by atoms with Gasteiger partial charge in [0, 0.05) is 13.6 Å². The third kappa shape index (κ3) is 3.01. The number of rotatable bonds is 7. The first-order valence-electron chi connectivity index (χ1n) is 7.23. The minimum absolute atomic E-state index is 0.104. The molecule has 22 heavy (non-hydrogen) atoms. The summed E-state index contributed by atoms with van der Waals surface area (Å²) in [5.74, 6) is 0.638. The number of aromatic nitrogens is 2. The Kier molecular flexibility index (Phi) is 5.22. The normalized spacial score (nSPS) is 14.0. The van der Waals surface area contributed by atoms with Gasteiger partial charge in [-0.1, -0.05) is 6.92 Å². The molecule has 0 aromatic carbocycles. The topological polar surface area (TPSA) is 117 Å². The van der Waals surface area contributed by atoms with Crippen LogP contribution in [0.2, 0.25) is 0 Å². The maximum atomic E-state index is 12.5. The maximum Gasteiger partial charge on any atom is 0.280 e. The van der Waals surface area contributed by atoms with Crippen LogP contribution in [0, 0.1) is 0 Å². The van der Waals surface area contributed by atoms with Gasteiger partial charge in [-0.15, -0.1) is 0 Å². The fourth-order valence-corrected chi connectivity index (χ4v) is 2.40. The van der Waals surface area contributed by atoms with E-state index in [-0.39, 0.29) is 31.5 Å². The summed E-state index contributed by atoms with van der Waals surface area (Å²) in [6.07, 6.45) is 0.127. The summed E-state index contributed by atoms with van der Waals surface area (Å²) in [4.78, 5) is 20.4. The van der Waals surface area contributed by atoms with Crippen LogP contribution in [0.1, 0.15) is 13.3 Å². The number of nitrogen functional groups attached to an aromatic ring is 1. The first-order valence-corrected chi connectivity index (χ1v) is 7.23. The second kappa shape index (κ2) is 6.95. The monoisotopic (exact) mass is 313 g/mol. The molecule has 0 fully saturated rings. The lowest BCUT2D eigenvalue weighted by molar-refractivity contribution is -0.0188. The van der Waals surface area contributed by atoms with Gasteiger partial charge in [-0.3, -0.25) is 9.36 Å². The van der Waals surface area contributed by atoms with E-state index in [2.05, 4.69) is 4.98 Å². The van der Waals surface area contributed by atoms with Crippen LogP contribution in [0.3, 0.4) is 0 Å². The molecule has 0 atom stereocenters. The van der Waals surface area contributed by atoms with Crippen LogP contribution in [0.25, 0.3) is 0 Å². The van der Waals surface area contributed by atoms with Crippen LogP contribution < -0.4 is 21.1 Å². The Morgan fingerprint density at radius 2 is 2.09 bits per heavy atom. The van der Waals surface area contributed by atoms with Crippen LogP contribution in [0.15, 0.2) is 4.79 Å². The zero-order chi connectivity index (χ0) is 16.3. The summed E-state index contributed by atoms with van der Waals surface area (Å²) in [7, 11) is 1.80. The molecule has 0 aliphatic carbocycles. The molecule has 4 N–H and O–H groups in total. The van der Waals surface area contributed by atoms with Crippen molar-refractivity contribution in [3.05, 3.63) is 10.4 Å². The SMILES string of the molecule is CCCn1c(N)nc2c(c1=O)N(C)CN2COC(CO)CO. The van der Waals surface area contributed by atoms with Crippen molar-refractivity contribution < 1.29 is 14.9 Å². The second-order valence-electron chi connectivity index (χ2n) is 5.26. The first-order chi connectivity index (χ1) is 10.5. The van der Waals surface area contributed by atoms with Crippen LogP contribution in [-0.4, -0.2) is 59.5 Å². The van der Waals surface area contributed by atoms with Crippen molar-refractivity contribution in [1.82, 2.24) is 9.55 Å². The van der Waals surface area contributed by atoms with Gasteiger partial charge in [0.1, 0.15) is 18.5 Å². The van der Waals surface area contributed by atoms with Crippen molar-refractivity contribution >= 4 is 17.5 Å². The van der Waals surface area contributed by atoms with E-state index in [0.29, 0.717) is 24.7 Å². The first kappa shape index (κ1) is 16.5. The zero-order valence-electron chi connectivity index (χ0n) is 12.9. The van der Waals surface area contributed by atoms with E-state index in [9.17, 15) is 4.79 Å². The van der Waals surface area contributed by atoms with Crippen molar-refractivity contribution in [2.75, 3.05) is 49.2 Å². The molecule has 0 saturated heterocycles. The molecule has 0 radical (unpaired) electrons. The van der Waals surface area contributed by atoms with E-state index in [1.807, 2.05) is 6.92 Å². The molecule has 9 nitrogen and oxygen atoms in total. The number of nitrogens with zero attached hydrogens (tertiary/aromatic N) is 4. The lowest BCUT2D eigenvalue weighted by Gasteiger charge is -2.21. The Morgan fingerprint density at radius 1 is 1.41 bits per heavy atom. The Morgan fingerprint density at radius 3 is 2.68 bits per heavy atom. The van der Waals surface area contributed by atoms with E-state index < -0.39 is 6.10 Å². The lowest BCUT2D eigenvalue weighted by atomic mass is 10.4. The molecule has 1 aliphatic heterocycles. The number of aliphatic hydroxyl groups excluding tert-OH is 2. The molecule has 124 valence electrons. The van der Waals surface area contributed by atoms with Crippen LogP contribution >= 0.6 is 0 Å². The number of fused-ring (bicyclic) bond motifs is 1. The smallest absolute Gasteiger partial charge is 0.280 e. The van der Waals surface area contributed by atoms with E-state index in [1.54, 1.807) is 16.8 Å². The molecule has 2 rings (SSSR count). The Labute approximate surface area is 128 Å². The molecule has 1 aliphatic rings. The fraction of sp³-hybridized carbons (Fsp3) is 0.692. The molecule has 0 bridgehead atoms. The van der Waals surface area contributed by atoms with Gasteiger partial charge in [-0.2, -0.15) is 4.98 Å². The summed E-state index contributed by atoms with van der Waals surface area (Å²) < 4.78 is 6.86. The highest BCUT2D eigenvalue weighted by molar-refractivity contribution is 5.72. The molecule has 1 aromatic heterocycles. The van der Waals surface area contributed by atoms with Crippen LogP contribution in [-0.2, 0) is 11.3 Å². The predicted octanol–water partition coefficient (Wildman–Crippen LogP) is -1.22. The summed E-state index contributed by atoms with van der Waals surface area (Å²) in [5.41, 5.74) is 6.19. The molecule has 0 saturated carbocycles. The Hall–Kier alpha value is -1.84. The third-order valence-electron chi connectivity index (χ3n) is 3.54. The quantitative estimate of drug-likeness (QED) is 0.573. The minimum atomic E-state index is -0.660. The van der Waals surface area contributed by atoms with E-state index >= 15 is 0 Å². The molecule has 2 heterocycles. The molecule has 1 aromatic rings. The molecule has 0 spiro atoms. The number of hydrogen-bond acceptors (Lipinski definition) is 8. The fourth-order valence-electron chi connectivity index (χ4n) is 2.40. The largest absolute Gasteiger partial charge is 0.394 e. The summed E-state index contributed by atoms with van der Waals surface area (Å²) in [6.45, 7) is 2.46. The van der Waals surface area contributed by atoms with Crippen molar-refractivity contribution in [2.24, 2.45) is 0 Å². The summed E-state index contributed by atoms with van der Waals surface area (Å²) in [6, 6.07) is 0. The molecule has 0 amide bonds. The van der Waals surface area contributed by atoms with Gasteiger partial charge < -0.3 is 30.5 Å². The third-order valence-corrected chi connectivity index (χ3v) is 3.54. The highest BCUT2D eigenvalue weighted by Gasteiger charge is 2.30. The highest BCUT2D eigenvalue weighted by atomic mass is 16.5. The van der Waals surface area contributed by atoms with Gasteiger partial charge in [-0.05, 0) is 6.42 Å². The van der Waals surface area contributed by atoms with Crippen molar-refractivity contribution in [3.63, 3.8) is 0 Å². The number of ether oxygens (including phenoxy) is 1. The van der Waals surface area contributed by atoms with Gasteiger partial charge in [0.2, 0.25) is 5.95 Å². The summed E-state index contributed by atoms with van der Waals surface area (Å²) >= 11 is 0. The number of nitrogens with two attached hydrogens (primary N) is 1. The average molecular weight is 313 g/mol. The number of anilines is 3. The van der Waals surface area contributed by atoms with Gasteiger partial charge in [0.05, 0.1) is 19.9 Å². The van der Waals surface area contributed by atoms with Gasteiger partial charge in [0.15, 0.2) is 5.82 Å². The minimum Gasteiger partial charge on any atom is -0.394 e. The predicted molar refractivity (Wildman–Crippen MR) is 82.9 cm³/mol.